The Hall–Kier alpha value is -1.55. The van der Waals surface area contributed by atoms with Crippen molar-refractivity contribution in [2.24, 2.45) is 5.73 Å². The van der Waals surface area contributed by atoms with E-state index in [1.807, 2.05) is 11.9 Å². The molecule has 3 rings (SSSR count). The minimum absolute atomic E-state index is 0.238. The number of carbonyl (C=O) groups excluding carboxylic acids is 1. The summed E-state index contributed by atoms with van der Waals surface area (Å²) in [5.74, 6) is 0.238. The van der Waals surface area contributed by atoms with Gasteiger partial charge in [-0.2, -0.15) is 0 Å². The first-order chi connectivity index (χ1) is 9.69. The molecule has 4 nitrogen and oxygen atoms in total. The van der Waals surface area contributed by atoms with Crippen molar-refractivity contribution in [1.29, 1.82) is 0 Å². The highest BCUT2D eigenvalue weighted by molar-refractivity contribution is 5.82. The van der Waals surface area contributed by atoms with Gasteiger partial charge in [0, 0.05) is 31.4 Å². The van der Waals surface area contributed by atoms with Gasteiger partial charge in [-0.3, -0.25) is 4.79 Å². The van der Waals surface area contributed by atoms with E-state index in [1.165, 1.54) is 12.8 Å². The molecule has 2 N–H and O–H groups in total. The van der Waals surface area contributed by atoms with E-state index in [0.717, 1.165) is 24.1 Å². The zero-order chi connectivity index (χ0) is 14.1. The lowest BCUT2D eigenvalue weighted by molar-refractivity contribution is -0.128. The monoisotopic (exact) mass is 273 g/mol. The van der Waals surface area contributed by atoms with E-state index < -0.39 is 0 Å². The molecule has 0 aliphatic heterocycles. The first-order valence-corrected chi connectivity index (χ1v) is 7.50. The summed E-state index contributed by atoms with van der Waals surface area (Å²) in [5, 5.41) is 0. The molecule has 0 heterocycles. The third kappa shape index (κ3) is 2.96. The molecule has 0 radical (unpaired) electrons. The lowest BCUT2D eigenvalue weighted by Gasteiger charge is -2.27. The highest BCUT2D eigenvalue weighted by atomic mass is 16.2. The van der Waals surface area contributed by atoms with Crippen LogP contribution < -0.4 is 10.6 Å². The number of hydrogen-bond donors (Lipinski definition) is 1. The molecule has 2 aliphatic rings. The number of anilines is 1. The average Bonchev–Trinajstić information content (AvgIpc) is 3.35. The van der Waals surface area contributed by atoms with Crippen molar-refractivity contribution in [3.05, 3.63) is 29.8 Å². The van der Waals surface area contributed by atoms with Gasteiger partial charge in [0.2, 0.25) is 5.91 Å². The van der Waals surface area contributed by atoms with Crippen LogP contribution in [0.2, 0.25) is 0 Å². The standard InChI is InChI=1S/C16H23N3O/c1-18(13-6-7-13)16(20)11-19(15-8-9-15)14-4-2-12(10-17)3-5-14/h2-5,13,15H,6-11,17H2,1H3. The Bertz CT molecular complexity index is 477. The normalized spacial score (nSPS) is 17.9. The van der Waals surface area contributed by atoms with E-state index >= 15 is 0 Å². The van der Waals surface area contributed by atoms with Gasteiger partial charge in [0.1, 0.15) is 0 Å². The molecule has 1 aromatic carbocycles. The Balaban J connectivity index is 1.69. The smallest absolute Gasteiger partial charge is 0.242 e. The molecule has 0 saturated heterocycles. The number of likely N-dealkylation sites (N-methyl/N-ethyl adjacent to an activating group) is 1. The van der Waals surface area contributed by atoms with Gasteiger partial charge in [0.25, 0.3) is 0 Å². The van der Waals surface area contributed by atoms with Gasteiger partial charge in [-0.25, -0.2) is 0 Å². The van der Waals surface area contributed by atoms with E-state index in [9.17, 15) is 4.79 Å². The van der Waals surface area contributed by atoms with Crippen LogP contribution in [-0.4, -0.2) is 36.5 Å². The first kappa shape index (κ1) is 13.4. The number of rotatable bonds is 6. The second kappa shape index (κ2) is 5.44. The van der Waals surface area contributed by atoms with E-state index in [-0.39, 0.29) is 5.91 Å². The molecule has 0 bridgehead atoms. The number of hydrogen-bond acceptors (Lipinski definition) is 3. The molecule has 20 heavy (non-hydrogen) atoms. The van der Waals surface area contributed by atoms with Crippen LogP contribution in [0.25, 0.3) is 0 Å². The zero-order valence-electron chi connectivity index (χ0n) is 12.1. The minimum Gasteiger partial charge on any atom is -0.359 e. The maximum atomic E-state index is 12.3. The average molecular weight is 273 g/mol. The van der Waals surface area contributed by atoms with Crippen molar-refractivity contribution in [2.75, 3.05) is 18.5 Å². The molecule has 1 amide bonds. The molecule has 2 saturated carbocycles. The second-order valence-electron chi connectivity index (χ2n) is 5.97. The fraction of sp³-hybridized carbons (Fsp3) is 0.562. The predicted octanol–water partition coefficient (Wildman–Crippen LogP) is 1.73. The van der Waals surface area contributed by atoms with Crippen molar-refractivity contribution >= 4 is 11.6 Å². The molecule has 0 unspecified atom stereocenters. The van der Waals surface area contributed by atoms with Crippen molar-refractivity contribution in [3.8, 4) is 0 Å². The quantitative estimate of drug-likeness (QED) is 0.859. The highest BCUT2D eigenvalue weighted by Gasteiger charge is 2.34. The summed E-state index contributed by atoms with van der Waals surface area (Å²) in [6.07, 6.45) is 4.71. The first-order valence-electron chi connectivity index (χ1n) is 7.50. The number of benzene rings is 1. The Labute approximate surface area is 120 Å². The van der Waals surface area contributed by atoms with Crippen molar-refractivity contribution in [2.45, 2.75) is 44.3 Å². The number of nitrogens with two attached hydrogens (primary N) is 1. The fourth-order valence-corrected chi connectivity index (χ4v) is 2.56. The number of amides is 1. The van der Waals surface area contributed by atoms with E-state index in [4.69, 9.17) is 5.73 Å². The summed E-state index contributed by atoms with van der Waals surface area (Å²) < 4.78 is 0. The van der Waals surface area contributed by atoms with Gasteiger partial charge in [-0.1, -0.05) is 12.1 Å². The largest absolute Gasteiger partial charge is 0.359 e. The van der Waals surface area contributed by atoms with Crippen molar-refractivity contribution < 1.29 is 4.79 Å². The molecule has 0 atom stereocenters. The summed E-state index contributed by atoms with van der Waals surface area (Å²) in [6.45, 7) is 1.06. The van der Waals surface area contributed by atoms with E-state index in [1.54, 1.807) is 0 Å². The molecule has 2 aliphatic carbocycles. The molecule has 0 aromatic heterocycles. The predicted molar refractivity (Wildman–Crippen MR) is 80.5 cm³/mol. The summed E-state index contributed by atoms with van der Waals surface area (Å²) in [4.78, 5) is 16.5. The van der Waals surface area contributed by atoms with Gasteiger partial charge in [0.05, 0.1) is 6.54 Å². The summed E-state index contributed by atoms with van der Waals surface area (Å²) in [5.41, 5.74) is 7.91. The third-order valence-electron chi connectivity index (χ3n) is 4.28. The Kier molecular flexibility index (Phi) is 3.66. The Morgan fingerprint density at radius 3 is 2.25 bits per heavy atom. The SMILES string of the molecule is CN(C(=O)CN(c1ccc(CN)cc1)C1CC1)C1CC1. The third-order valence-corrected chi connectivity index (χ3v) is 4.28. The van der Waals surface area contributed by atoms with Crippen LogP contribution in [0.4, 0.5) is 5.69 Å². The summed E-state index contributed by atoms with van der Waals surface area (Å²) in [6, 6.07) is 9.31. The maximum Gasteiger partial charge on any atom is 0.242 e. The number of carbonyl (C=O) groups is 1. The van der Waals surface area contributed by atoms with Crippen LogP contribution in [0.15, 0.2) is 24.3 Å². The lowest BCUT2D eigenvalue weighted by atomic mass is 10.2. The van der Waals surface area contributed by atoms with Gasteiger partial charge in [-0.15, -0.1) is 0 Å². The zero-order valence-corrected chi connectivity index (χ0v) is 12.1. The molecular weight excluding hydrogens is 250 g/mol. The number of nitrogens with zero attached hydrogens (tertiary/aromatic N) is 2. The Morgan fingerprint density at radius 2 is 1.75 bits per heavy atom. The summed E-state index contributed by atoms with van der Waals surface area (Å²) >= 11 is 0. The second-order valence-corrected chi connectivity index (χ2v) is 5.97. The molecule has 4 heteroatoms. The molecule has 0 spiro atoms. The van der Waals surface area contributed by atoms with Crippen molar-refractivity contribution in [1.82, 2.24) is 4.90 Å². The lowest BCUT2D eigenvalue weighted by Crippen LogP contribution is -2.40. The van der Waals surface area contributed by atoms with Crippen molar-refractivity contribution in [3.63, 3.8) is 0 Å². The fourth-order valence-electron chi connectivity index (χ4n) is 2.56. The minimum atomic E-state index is 0.238. The molecule has 1 aromatic rings. The van der Waals surface area contributed by atoms with Gasteiger partial charge >= 0.3 is 0 Å². The van der Waals surface area contributed by atoms with Crippen LogP contribution in [0.5, 0.6) is 0 Å². The topological polar surface area (TPSA) is 49.6 Å². The van der Waals surface area contributed by atoms with E-state index in [0.29, 0.717) is 25.2 Å². The van der Waals surface area contributed by atoms with Gasteiger partial charge in [-0.05, 0) is 43.4 Å². The van der Waals surface area contributed by atoms with Crippen LogP contribution >= 0.6 is 0 Å². The van der Waals surface area contributed by atoms with Gasteiger partial charge in [0.15, 0.2) is 0 Å². The van der Waals surface area contributed by atoms with Crippen LogP contribution in [-0.2, 0) is 11.3 Å². The summed E-state index contributed by atoms with van der Waals surface area (Å²) in [7, 11) is 1.93. The van der Waals surface area contributed by atoms with Gasteiger partial charge < -0.3 is 15.5 Å². The van der Waals surface area contributed by atoms with E-state index in [2.05, 4.69) is 29.2 Å². The highest BCUT2D eigenvalue weighted by Crippen LogP contribution is 2.32. The van der Waals surface area contributed by atoms with Crippen LogP contribution in [0.3, 0.4) is 0 Å². The molecule has 2 fully saturated rings. The maximum absolute atomic E-state index is 12.3. The van der Waals surface area contributed by atoms with Crippen LogP contribution in [0, 0.1) is 0 Å². The molecule has 108 valence electrons. The Morgan fingerprint density at radius 1 is 1.15 bits per heavy atom. The molecular formula is C16H23N3O. The van der Waals surface area contributed by atoms with Crippen LogP contribution in [0.1, 0.15) is 31.2 Å².